The first kappa shape index (κ1) is 13.5. The molecule has 1 rings (SSSR count). The lowest BCUT2D eigenvalue weighted by Crippen LogP contribution is -2.12. The lowest BCUT2D eigenvalue weighted by Gasteiger charge is -2.15. The molecule has 1 unspecified atom stereocenters. The SMILES string of the molecule is Cc1ccc(Cl)cc1C(N)CCCC(C)C. The van der Waals surface area contributed by atoms with E-state index in [-0.39, 0.29) is 6.04 Å². The minimum absolute atomic E-state index is 0.123. The molecule has 1 nitrogen and oxygen atoms in total. The van der Waals surface area contributed by atoms with E-state index in [2.05, 4.69) is 20.8 Å². The highest BCUT2D eigenvalue weighted by Crippen LogP contribution is 2.24. The van der Waals surface area contributed by atoms with Crippen molar-refractivity contribution in [2.45, 2.75) is 46.1 Å². The van der Waals surface area contributed by atoms with Crippen molar-refractivity contribution in [2.24, 2.45) is 11.7 Å². The molecule has 0 aliphatic carbocycles. The van der Waals surface area contributed by atoms with Crippen LogP contribution in [0.3, 0.4) is 0 Å². The topological polar surface area (TPSA) is 26.0 Å². The fourth-order valence-electron chi connectivity index (χ4n) is 1.91. The summed E-state index contributed by atoms with van der Waals surface area (Å²) in [5.41, 5.74) is 8.62. The van der Waals surface area contributed by atoms with Gasteiger partial charge in [0, 0.05) is 11.1 Å². The fourth-order valence-corrected chi connectivity index (χ4v) is 2.09. The van der Waals surface area contributed by atoms with Crippen LogP contribution in [0.1, 0.15) is 50.3 Å². The normalized spacial score (nSPS) is 13.1. The third-order valence-corrected chi connectivity index (χ3v) is 3.17. The van der Waals surface area contributed by atoms with E-state index in [0.29, 0.717) is 0 Å². The molecule has 0 radical (unpaired) electrons. The zero-order valence-corrected chi connectivity index (χ0v) is 11.2. The van der Waals surface area contributed by atoms with E-state index in [1.807, 2.05) is 18.2 Å². The van der Waals surface area contributed by atoms with Crippen molar-refractivity contribution in [3.63, 3.8) is 0 Å². The highest BCUT2D eigenvalue weighted by molar-refractivity contribution is 6.30. The summed E-state index contributed by atoms with van der Waals surface area (Å²) in [6.45, 7) is 6.58. The molecule has 1 aromatic rings. The second-order valence-corrected chi connectivity index (χ2v) is 5.37. The van der Waals surface area contributed by atoms with Gasteiger partial charge in [-0.3, -0.25) is 0 Å². The van der Waals surface area contributed by atoms with Crippen LogP contribution in [0.25, 0.3) is 0 Å². The Labute approximate surface area is 104 Å². The van der Waals surface area contributed by atoms with Gasteiger partial charge in [0.2, 0.25) is 0 Å². The smallest absolute Gasteiger partial charge is 0.0409 e. The molecule has 0 bridgehead atoms. The maximum atomic E-state index is 6.19. The number of benzene rings is 1. The summed E-state index contributed by atoms with van der Waals surface area (Å²) in [5, 5.41) is 0.778. The molecular weight excluding hydrogens is 218 g/mol. The Balaban J connectivity index is 2.58. The summed E-state index contributed by atoms with van der Waals surface area (Å²) in [4.78, 5) is 0. The van der Waals surface area contributed by atoms with Gasteiger partial charge in [-0.2, -0.15) is 0 Å². The summed E-state index contributed by atoms with van der Waals surface area (Å²) in [5.74, 6) is 0.757. The van der Waals surface area contributed by atoms with Crippen LogP contribution in [0.4, 0.5) is 0 Å². The monoisotopic (exact) mass is 239 g/mol. The molecule has 0 amide bonds. The van der Waals surface area contributed by atoms with E-state index in [9.17, 15) is 0 Å². The molecule has 16 heavy (non-hydrogen) atoms. The molecule has 0 saturated heterocycles. The summed E-state index contributed by atoms with van der Waals surface area (Å²) in [6, 6.07) is 6.08. The highest BCUT2D eigenvalue weighted by atomic mass is 35.5. The van der Waals surface area contributed by atoms with Gasteiger partial charge in [0.05, 0.1) is 0 Å². The first-order valence-electron chi connectivity index (χ1n) is 6.02. The zero-order chi connectivity index (χ0) is 12.1. The van der Waals surface area contributed by atoms with Gasteiger partial charge in [-0.05, 0) is 42.5 Å². The predicted octanol–water partition coefficient (Wildman–Crippen LogP) is 4.47. The van der Waals surface area contributed by atoms with E-state index in [0.717, 1.165) is 17.4 Å². The Morgan fingerprint density at radius 3 is 2.56 bits per heavy atom. The lowest BCUT2D eigenvalue weighted by atomic mass is 9.96. The lowest BCUT2D eigenvalue weighted by molar-refractivity contribution is 0.505. The standard InChI is InChI=1S/C14H22ClN/c1-10(2)5-4-6-14(16)13-9-12(15)8-7-11(13)3/h7-10,14H,4-6,16H2,1-3H3. The second-order valence-electron chi connectivity index (χ2n) is 4.93. The van der Waals surface area contributed by atoms with Crippen LogP contribution in [0.5, 0.6) is 0 Å². The van der Waals surface area contributed by atoms with Crippen molar-refractivity contribution in [1.29, 1.82) is 0 Å². The molecule has 0 fully saturated rings. The molecule has 0 heterocycles. The third kappa shape index (κ3) is 4.15. The van der Waals surface area contributed by atoms with Crippen LogP contribution < -0.4 is 5.73 Å². The number of hydrogen-bond donors (Lipinski definition) is 1. The summed E-state index contributed by atoms with van der Waals surface area (Å²) < 4.78 is 0. The molecule has 2 heteroatoms. The van der Waals surface area contributed by atoms with Crippen molar-refractivity contribution >= 4 is 11.6 Å². The molecule has 0 spiro atoms. The molecule has 0 aliphatic rings. The first-order valence-corrected chi connectivity index (χ1v) is 6.40. The number of halogens is 1. The average molecular weight is 240 g/mol. The van der Waals surface area contributed by atoms with E-state index in [1.54, 1.807) is 0 Å². The quantitative estimate of drug-likeness (QED) is 0.806. The van der Waals surface area contributed by atoms with Gasteiger partial charge in [0.25, 0.3) is 0 Å². The van der Waals surface area contributed by atoms with E-state index in [1.165, 1.54) is 24.0 Å². The van der Waals surface area contributed by atoms with E-state index in [4.69, 9.17) is 17.3 Å². The number of nitrogens with two attached hydrogens (primary N) is 1. The maximum absolute atomic E-state index is 6.19. The number of hydrogen-bond acceptors (Lipinski definition) is 1. The van der Waals surface area contributed by atoms with Gasteiger partial charge in [-0.1, -0.05) is 44.4 Å². The van der Waals surface area contributed by atoms with Gasteiger partial charge in [0.1, 0.15) is 0 Å². The average Bonchev–Trinajstić information content (AvgIpc) is 2.21. The minimum Gasteiger partial charge on any atom is -0.324 e. The molecule has 0 aliphatic heterocycles. The second kappa shape index (κ2) is 6.27. The van der Waals surface area contributed by atoms with Crippen molar-refractivity contribution in [2.75, 3.05) is 0 Å². The van der Waals surface area contributed by atoms with Gasteiger partial charge < -0.3 is 5.73 Å². The highest BCUT2D eigenvalue weighted by Gasteiger charge is 2.09. The molecule has 0 aromatic heterocycles. The van der Waals surface area contributed by atoms with Crippen molar-refractivity contribution in [1.82, 2.24) is 0 Å². The summed E-state index contributed by atoms with van der Waals surface area (Å²) in [6.07, 6.45) is 3.47. The molecule has 1 atom stereocenters. The number of aryl methyl sites for hydroxylation is 1. The Bertz CT molecular complexity index is 334. The Morgan fingerprint density at radius 2 is 1.94 bits per heavy atom. The van der Waals surface area contributed by atoms with Crippen molar-refractivity contribution < 1.29 is 0 Å². The minimum atomic E-state index is 0.123. The van der Waals surface area contributed by atoms with Gasteiger partial charge in [0.15, 0.2) is 0 Å². The van der Waals surface area contributed by atoms with Gasteiger partial charge >= 0.3 is 0 Å². The first-order chi connectivity index (χ1) is 7.50. The fraction of sp³-hybridized carbons (Fsp3) is 0.571. The van der Waals surface area contributed by atoms with Crippen LogP contribution in [0.15, 0.2) is 18.2 Å². The van der Waals surface area contributed by atoms with Crippen molar-refractivity contribution in [3.8, 4) is 0 Å². The van der Waals surface area contributed by atoms with E-state index >= 15 is 0 Å². The molecule has 1 aromatic carbocycles. The van der Waals surface area contributed by atoms with Crippen LogP contribution >= 0.6 is 11.6 Å². The van der Waals surface area contributed by atoms with Gasteiger partial charge in [-0.25, -0.2) is 0 Å². The zero-order valence-electron chi connectivity index (χ0n) is 10.5. The summed E-state index contributed by atoms with van der Waals surface area (Å²) >= 11 is 5.99. The predicted molar refractivity (Wildman–Crippen MR) is 71.8 cm³/mol. The van der Waals surface area contributed by atoms with Crippen LogP contribution in [0, 0.1) is 12.8 Å². The molecule has 2 N–H and O–H groups in total. The Morgan fingerprint density at radius 1 is 1.25 bits per heavy atom. The third-order valence-electron chi connectivity index (χ3n) is 2.94. The molecular formula is C14H22ClN. The summed E-state index contributed by atoms with van der Waals surface area (Å²) in [7, 11) is 0. The Kier molecular flexibility index (Phi) is 5.30. The van der Waals surface area contributed by atoms with Crippen LogP contribution in [-0.2, 0) is 0 Å². The largest absolute Gasteiger partial charge is 0.324 e. The molecule has 0 saturated carbocycles. The van der Waals surface area contributed by atoms with Crippen LogP contribution in [-0.4, -0.2) is 0 Å². The Hall–Kier alpha value is -0.530. The van der Waals surface area contributed by atoms with E-state index < -0.39 is 0 Å². The molecule has 90 valence electrons. The van der Waals surface area contributed by atoms with Crippen LogP contribution in [0.2, 0.25) is 5.02 Å². The van der Waals surface area contributed by atoms with Crippen molar-refractivity contribution in [3.05, 3.63) is 34.3 Å². The maximum Gasteiger partial charge on any atom is 0.0409 e. The van der Waals surface area contributed by atoms with Gasteiger partial charge in [-0.15, -0.1) is 0 Å². The number of rotatable bonds is 5.